The van der Waals surface area contributed by atoms with Gasteiger partial charge in [0.15, 0.2) is 0 Å². The quantitative estimate of drug-likeness (QED) is 0.765. The Bertz CT molecular complexity index is 686. The lowest BCUT2D eigenvalue weighted by Crippen LogP contribution is -2.45. The first kappa shape index (κ1) is 17.7. The van der Waals surface area contributed by atoms with E-state index in [1.165, 1.54) is 0 Å². The van der Waals surface area contributed by atoms with Crippen molar-refractivity contribution in [3.8, 4) is 0 Å². The first-order valence-corrected chi connectivity index (χ1v) is 8.03. The molecule has 5 nitrogen and oxygen atoms in total. The predicted octanol–water partition coefficient (Wildman–Crippen LogP) is 2.67. The zero-order valence-corrected chi connectivity index (χ0v) is 14.0. The van der Waals surface area contributed by atoms with E-state index >= 15 is 0 Å². The van der Waals surface area contributed by atoms with Crippen LogP contribution in [-0.4, -0.2) is 18.5 Å². The van der Waals surface area contributed by atoms with Gasteiger partial charge in [0, 0.05) is 13.1 Å². The highest BCUT2D eigenvalue weighted by atomic mass is 16.2. The van der Waals surface area contributed by atoms with E-state index in [4.69, 9.17) is 0 Å². The van der Waals surface area contributed by atoms with Crippen LogP contribution in [0.1, 0.15) is 29.7 Å². The fourth-order valence-corrected chi connectivity index (χ4v) is 2.42. The standard InChI is InChI=1S/C19H23N3O2/c1-3-20-19(24)22-18(23)17(15-10-5-4-6-11-15)21-13-16-12-8-7-9-14(16)2/h4-12,17,21H,3,13H2,1-2H3,(H2,20,22,23,24)/t17-/m0/s1. The Balaban J connectivity index is 2.13. The van der Waals surface area contributed by atoms with Gasteiger partial charge in [-0.15, -0.1) is 0 Å². The maximum absolute atomic E-state index is 12.5. The second-order valence-electron chi connectivity index (χ2n) is 5.50. The Labute approximate surface area is 142 Å². The zero-order chi connectivity index (χ0) is 17.4. The summed E-state index contributed by atoms with van der Waals surface area (Å²) in [6.07, 6.45) is 0. The van der Waals surface area contributed by atoms with Crippen LogP contribution in [-0.2, 0) is 11.3 Å². The molecule has 0 unspecified atom stereocenters. The van der Waals surface area contributed by atoms with Gasteiger partial charge in [-0.05, 0) is 30.5 Å². The number of aryl methyl sites for hydroxylation is 1. The second kappa shape index (κ2) is 8.84. The molecule has 24 heavy (non-hydrogen) atoms. The second-order valence-corrected chi connectivity index (χ2v) is 5.50. The van der Waals surface area contributed by atoms with Crippen molar-refractivity contribution in [2.75, 3.05) is 6.54 Å². The summed E-state index contributed by atoms with van der Waals surface area (Å²) in [5.74, 6) is -0.374. The number of imide groups is 1. The van der Waals surface area contributed by atoms with Crippen LogP contribution in [0, 0.1) is 6.92 Å². The summed E-state index contributed by atoms with van der Waals surface area (Å²) in [4.78, 5) is 24.1. The molecule has 0 bridgehead atoms. The van der Waals surface area contributed by atoms with Gasteiger partial charge < -0.3 is 5.32 Å². The van der Waals surface area contributed by atoms with E-state index in [0.29, 0.717) is 13.1 Å². The smallest absolute Gasteiger partial charge is 0.321 e. The predicted molar refractivity (Wildman–Crippen MR) is 94.4 cm³/mol. The third-order valence-corrected chi connectivity index (χ3v) is 3.73. The monoisotopic (exact) mass is 325 g/mol. The molecule has 3 amide bonds. The van der Waals surface area contributed by atoms with Crippen molar-refractivity contribution in [2.45, 2.75) is 26.4 Å². The van der Waals surface area contributed by atoms with E-state index in [1.807, 2.05) is 61.5 Å². The van der Waals surface area contributed by atoms with Crippen LogP contribution in [0.2, 0.25) is 0 Å². The van der Waals surface area contributed by atoms with Crippen molar-refractivity contribution in [2.24, 2.45) is 0 Å². The molecule has 2 aromatic carbocycles. The van der Waals surface area contributed by atoms with Crippen LogP contribution in [0.25, 0.3) is 0 Å². The molecule has 3 N–H and O–H groups in total. The summed E-state index contributed by atoms with van der Waals surface area (Å²) in [7, 11) is 0. The number of rotatable bonds is 6. The number of hydrogen-bond donors (Lipinski definition) is 3. The highest BCUT2D eigenvalue weighted by Gasteiger charge is 2.21. The van der Waals surface area contributed by atoms with E-state index < -0.39 is 12.1 Å². The normalized spacial score (nSPS) is 11.6. The summed E-state index contributed by atoms with van der Waals surface area (Å²) in [5.41, 5.74) is 3.08. The first-order valence-electron chi connectivity index (χ1n) is 8.03. The highest BCUT2D eigenvalue weighted by Crippen LogP contribution is 2.15. The fraction of sp³-hybridized carbons (Fsp3) is 0.263. The zero-order valence-electron chi connectivity index (χ0n) is 14.0. The van der Waals surface area contributed by atoms with Crippen LogP contribution in [0.3, 0.4) is 0 Å². The van der Waals surface area contributed by atoms with Crippen LogP contribution in [0.5, 0.6) is 0 Å². The summed E-state index contributed by atoms with van der Waals surface area (Å²) in [6, 6.07) is 16.3. The Hall–Kier alpha value is -2.66. The molecule has 2 rings (SSSR count). The minimum atomic E-state index is -0.603. The van der Waals surface area contributed by atoms with Crippen molar-refractivity contribution in [1.29, 1.82) is 0 Å². The molecule has 0 saturated heterocycles. The average molecular weight is 325 g/mol. The van der Waals surface area contributed by atoms with E-state index in [2.05, 4.69) is 16.0 Å². The Morgan fingerprint density at radius 3 is 2.33 bits per heavy atom. The van der Waals surface area contributed by atoms with Crippen molar-refractivity contribution in [1.82, 2.24) is 16.0 Å². The molecule has 1 atom stereocenters. The highest BCUT2D eigenvalue weighted by molar-refractivity contribution is 5.97. The molecule has 0 saturated carbocycles. The molecule has 0 aliphatic heterocycles. The maximum Gasteiger partial charge on any atom is 0.321 e. The summed E-state index contributed by atoms with van der Waals surface area (Å²) >= 11 is 0. The SMILES string of the molecule is CCNC(=O)NC(=O)[C@@H](NCc1ccccc1C)c1ccccc1. The molecular weight excluding hydrogens is 302 g/mol. The van der Waals surface area contributed by atoms with Crippen molar-refractivity contribution >= 4 is 11.9 Å². The molecule has 0 aliphatic rings. The molecule has 126 valence electrons. The molecule has 0 aliphatic carbocycles. The molecular formula is C19H23N3O2. The van der Waals surface area contributed by atoms with Gasteiger partial charge in [0.05, 0.1) is 0 Å². The van der Waals surface area contributed by atoms with Gasteiger partial charge >= 0.3 is 6.03 Å². The summed E-state index contributed by atoms with van der Waals surface area (Å²) in [5, 5.41) is 8.19. The summed E-state index contributed by atoms with van der Waals surface area (Å²) in [6.45, 7) is 4.83. The fourth-order valence-electron chi connectivity index (χ4n) is 2.42. The van der Waals surface area contributed by atoms with Crippen LogP contribution < -0.4 is 16.0 Å². The van der Waals surface area contributed by atoms with E-state index in [-0.39, 0.29) is 5.91 Å². The van der Waals surface area contributed by atoms with Crippen molar-refractivity contribution in [3.05, 3.63) is 71.3 Å². The number of urea groups is 1. The molecule has 0 radical (unpaired) electrons. The molecule has 0 heterocycles. The number of nitrogens with one attached hydrogen (secondary N) is 3. The molecule has 0 aromatic heterocycles. The third kappa shape index (κ3) is 4.93. The number of benzene rings is 2. The van der Waals surface area contributed by atoms with Gasteiger partial charge in [-0.25, -0.2) is 4.79 Å². The molecule has 5 heteroatoms. The molecule has 0 spiro atoms. The average Bonchev–Trinajstić information content (AvgIpc) is 2.58. The molecule has 0 fully saturated rings. The minimum Gasteiger partial charge on any atom is -0.338 e. The van der Waals surface area contributed by atoms with Crippen molar-refractivity contribution < 1.29 is 9.59 Å². The van der Waals surface area contributed by atoms with Gasteiger partial charge in [0.2, 0.25) is 5.91 Å². The van der Waals surface area contributed by atoms with Crippen molar-refractivity contribution in [3.63, 3.8) is 0 Å². The Kier molecular flexibility index (Phi) is 6.51. The number of carbonyl (C=O) groups excluding carboxylic acids is 2. The topological polar surface area (TPSA) is 70.2 Å². The maximum atomic E-state index is 12.5. The minimum absolute atomic E-state index is 0.374. The van der Waals surface area contributed by atoms with E-state index in [1.54, 1.807) is 6.92 Å². The van der Waals surface area contributed by atoms with Gasteiger partial charge in [0.25, 0.3) is 0 Å². The van der Waals surface area contributed by atoms with Crippen LogP contribution in [0.4, 0.5) is 4.79 Å². The van der Waals surface area contributed by atoms with Gasteiger partial charge in [-0.3, -0.25) is 15.4 Å². The summed E-state index contributed by atoms with van der Waals surface area (Å²) < 4.78 is 0. The van der Waals surface area contributed by atoms with Crippen LogP contribution >= 0.6 is 0 Å². The van der Waals surface area contributed by atoms with E-state index in [0.717, 1.165) is 16.7 Å². The van der Waals surface area contributed by atoms with Crippen LogP contribution in [0.15, 0.2) is 54.6 Å². The Morgan fingerprint density at radius 1 is 1.00 bits per heavy atom. The largest absolute Gasteiger partial charge is 0.338 e. The van der Waals surface area contributed by atoms with Gasteiger partial charge in [-0.1, -0.05) is 54.6 Å². The lowest BCUT2D eigenvalue weighted by Gasteiger charge is -2.19. The number of carbonyl (C=O) groups is 2. The number of hydrogen-bond acceptors (Lipinski definition) is 3. The lowest BCUT2D eigenvalue weighted by molar-refractivity contribution is -0.122. The molecule has 2 aromatic rings. The third-order valence-electron chi connectivity index (χ3n) is 3.73. The first-order chi connectivity index (χ1) is 11.6. The lowest BCUT2D eigenvalue weighted by atomic mass is 10.0. The Morgan fingerprint density at radius 2 is 1.67 bits per heavy atom. The van der Waals surface area contributed by atoms with Gasteiger partial charge in [-0.2, -0.15) is 0 Å². The van der Waals surface area contributed by atoms with Gasteiger partial charge in [0.1, 0.15) is 6.04 Å². The van der Waals surface area contributed by atoms with E-state index in [9.17, 15) is 9.59 Å². The number of amides is 3.